The summed E-state index contributed by atoms with van der Waals surface area (Å²) in [5, 5.41) is 3.15. The average Bonchev–Trinajstić information content (AvgIpc) is 2.40. The van der Waals surface area contributed by atoms with Crippen molar-refractivity contribution in [2.45, 2.75) is 33.2 Å². The summed E-state index contributed by atoms with van der Waals surface area (Å²) >= 11 is 0. The van der Waals surface area contributed by atoms with E-state index in [1.54, 1.807) is 17.0 Å². The molecular formula is C15H23FN2O. The molecule has 3 nitrogen and oxygen atoms in total. The Morgan fingerprint density at radius 3 is 2.53 bits per heavy atom. The Bertz CT molecular complexity index is 405. The van der Waals surface area contributed by atoms with Crippen molar-refractivity contribution in [1.82, 2.24) is 10.2 Å². The molecule has 1 aromatic carbocycles. The molecule has 1 unspecified atom stereocenters. The monoisotopic (exact) mass is 266 g/mol. The molecule has 0 aliphatic rings. The van der Waals surface area contributed by atoms with Crippen molar-refractivity contribution in [3.8, 4) is 0 Å². The summed E-state index contributed by atoms with van der Waals surface area (Å²) < 4.78 is 13.5. The molecule has 106 valence electrons. The van der Waals surface area contributed by atoms with Crippen LogP contribution in [0.1, 0.15) is 26.3 Å². The highest BCUT2D eigenvalue weighted by Gasteiger charge is 2.12. The highest BCUT2D eigenvalue weighted by Crippen LogP contribution is 2.08. The second-order valence-electron chi connectivity index (χ2n) is 4.64. The largest absolute Gasteiger partial charge is 0.342 e. The molecule has 0 radical (unpaired) electrons. The average molecular weight is 266 g/mol. The Labute approximate surface area is 114 Å². The predicted molar refractivity (Wildman–Crippen MR) is 75.5 cm³/mol. The Kier molecular flexibility index (Phi) is 6.50. The predicted octanol–water partition coefficient (Wildman–Crippen LogP) is 2.21. The summed E-state index contributed by atoms with van der Waals surface area (Å²) in [7, 11) is 0. The highest BCUT2D eigenvalue weighted by molar-refractivity contribution is 5.78. The summed E-state index contributed by atoms with van der Waals surface area (Å²) in [6.07, 6.45) is 0.582. The number of carbonyl (C=O) groups excluding carboxylic acids is 1. The van der Waals surface area contributed by atoms with Gasteiger partial charge in [0.1, 0.15) is 5.82 Å². The minimum absolute atomic E-state index is 0.0661. The fourth-order valence-electron chi connectivity index (χ4n) is 2.02. The molecule has 0 bridgehead atoms. The zero-order valence-corrected chi connectivity index (χ0v) is 11.9. The van der Waals surface area contributed by atoms with Crippen LogP contribution < -0.4 is 5.32 Å². The van der Waals surface area contributed by atoms with E-state index in [0.717, 1.165) is 13.1 Å². The van der Waals surface area contributed by atoms with Gasteiger partial charge < -0.3 is 10.2 Å². The SMILES string of the molecule is CCN(CC)C(=O)CNC(C)Cc1ccccc1F. The molecular weight excluding hydrogens is 243 g/mol. The van der Waals surface area contributed by atoms with Crippen LogP contribution in [0.25, 0.3) is 0 Å². The second kappa shape index (κ2) is 7.89. The molecule has 1 atom stereocenters. The van der Waals surface area contributed by atoms with Crippen LogP contribution in [-0.4, -0.2) is 36.5 Å². The highest BCUT2D eigenvalue weighted by atomic mass is 19.1. The maximum absolute atomic E-state index is 13.5. The Morgan fingerprint density at radius 1 is 1.32 bits per heavy atom. The van der Waals surface area contributed by atoms with Crippen LogP contribution >= 0.6 is 0 Å². The first-order chi connectivity index (χ1) is 9.08. The van der Waals surface area contributed by atoms with Gasteiger partial charge in [-0.05, 0) is 38.8 Å². The molecule has 0 fully saturated rings. The van der Waals surface area contributed by atoms with Crippen molar-refractivity contribution in [3.05, 3.63) is 35.6 Å². The van der Waals surface area contributed by atoms with Crippen LogP contribution in [0.3, 0.4) is 0 Å². The lowest BCUT2D eigenvalue weighted by Gasteiger charge is -2.20. The summed E-state index contributed by atoms with van der Waals surface area (Å²) in [6.45, 7) is 7.63. The normalized spacial score (nSPS) is 12.2. The molecule has 0 spiro atoms. The molecule has 4 heteroatoms. The lowest BCUT2D eigenvalue weighted by Crippen LogP contribution is -2.41. The number of hydrogen-bond donors (Lipinski definition) is 1. The number of halogens is 1. The van der Waals surface area contributed by atoms with Crippen molar-refractivity contribution < 1.29 is 9.18 Å². The quantitative estimate of drug-likeness (QED) is 0.820. The van der Waals surface area contributed by atoms with Gasteiger partial charge in [-0.25, -0.2) is 4.39 Å². The number of nitrogens with zero attached hydrogens (tertiary/aromatic N) is 1. The Balaban J connectivity index is 2.42. The minimum atomic E-state index is -0.189. The van der Waals surface area contributed by atoms with Gasteiger partial charge in [0.25, 0.3) is 0 Å². The van der Waals surface area contributed by atoms with E-state index in [1.165, 1.54) is 6.07 Å². The fourth-order valence-corrected chi connectivity index (χ4v) is 2.02. The van der Waals surface area contributed by atoms with Crippen LogP contribution in [0.15, 0.2) is 24.3 Å². The molecule has 1 amide bonds. The Hall–Kier alpha value is -1.42. The number of benzene rings is 1. The molecule has 1 aromatic rings. The number of carbonyl (C=O) groups is 1. The maximum Gasteiger partial charge on any atom is 0.236 e. The van der Waals surface area contributed by atoms with Crippen LogP contribution in [-0.2, 0) is 11.2 Å². The van der Waals surface area contributed by atoms with Gasteiger partial charge in [0.2, 0.25) is 5.91 Å². The first-order valence-electron chi connectivity index (χ1n) is 6.83. The third-order valence-corrected chi connectivity index (χ3v) is 3.20. The van der Waals surface area contributed by atoms with Crippen LogP contribution in [0.5, 0.6) is 0 Å². The first kappa shape index (κ1) is 15.6. The van der Waals surface area contributed by atoms with E-state index < -0.39 is 0 Å². The molecule has 0 aromatic heterocycles. The van der Waals surface area contributed by atoms with Crippen LogP contribution in [0.2, 0.25) is 0 Å². The topological polar surface area (TPSA) is 32.3 Å². The molecule has 1 N–H and O–H groups in total. The lowest BCUT2D eigenvalue weighted by atomic mass is 10.1. The van der Waals surface area contributed by atoms with E-state index in [1.807, 2.05) is 26.8 Å². The van der Waals surface area contributed by atoms with Gasteiger partial charge in [0, 0.05) is 19.1 Å². The maximum atomic E-state index is 13.5. The van der Waals surface area contributed by atoms with Crippen molar-refractivity contribution in [3.63, 3.8) is 0 Å². The van der Waals surface area contributed by atoms with Crippen molar-refractivity contribution in [2.75, 3.05) is 19.6 Å². The minimum Gasteiger partial charge on any atom is -0.342 e. The van der Waals surface area contributed by atoms with Gasteiger partial charge in [-0.1, -0.05) is 18.2 Å². The van der Waals surface area contributed by atoms with Gasteiger partial charge in [-0.15, -0.1) is 0 Å². The van der Waals surface area contributed by atoms with E-state index >= 15 is 0 Å². The number of rotatable bonds is 7. The molecule has 1 rings (SSSR count). The van der Waals surface area contributed by atoms with Crippen molar-refractivity contribution >= 4 is 5.91 Å². The summed E-state index contributed by atoms with van der Waals surface area (Å²) in [5.41, 5.74) is 0.679. The van der Waals surface area contributed by atoms with E-state index in [-0.39, 0.29) is 17.8 Å². The number of likely N-dealkylation sites (N-methyl/N-ethyl adjacent to an activating group) is 1. The third-order valence-electron chi connectivity index (χ3n) is 3.20. The van der Waals surface area contributed by atoms with E-state index in [4.69, 9.17) is 0 Å². The first-order valence-corrected chi connectivity index (χ1v) is 6.83. The van der Waals surface area contributed by atoms with Gasteiger partial charge in [-0.3, -0.25) is 4.79 Å². The van der Waals surface area contributed by atoms with Crippen molar-refractivity contribution in [2.24, 2.45) is 0 Å². The summed E-state index contributed by atoms with van der Waals surface area (Å²) in [5.74, 6) is -0.100. The Morgan fingerprint density at radius 2 is 1.95 bits per heavy atom. The van der Waals surface area contributed by atoms with E-state index in [9.17, 15) is 9.18 Å². The van der Waals surface area contributed by atoms with Crippen molar-refractivity contribution in [1.29, 1.82) is 0 Å². The zero-order valence-electron chi connectivity index (χ0n) is 11.9. The third kappa shape index (κ3) is 4.99. The van der Waals surface area contributed by atoms with Gasteiger partial charge in [-0.2, -0.15) is 0 Å². The fraction of sp³-hybridized carbons (Fsp3) is 0.533. The van der Waals surface area contributed by atoms with Crippen LogP contribution in [0.4, 0.5) is 4.39 Å². The summed E-state index contributed by atoms with van der Waals surface area (Å²) in [6, 6.07) is 6.81. The van der Waals surface area contributed by atoms with Gasteiger partial charge in [0.15, 0.2) is 0 Å². The second-order valence-corrected chi connectivity index (χ2v) is 4.64. The standard InChI is InChI=1S/C15H23FN2O/c1-4-18(5-2)15(19)11-17-12(3)10-13-8-6-7-9-14(13)16/h6-9,12,17H,4-5,10-11H2,1-3H3. The summed E-state index contributed by atoms with van der Waals surface area (Å²) in [4.78, 5) is 13.6. The van der Waals surface area contributed by atoms with E-state index in [2.05, 4.69) is 5.32 Å². The molecule has 0 heterocycles. The molecule has 19 heavy (non-hydrogen) atoms. The molecule has 0 saturated carbocycles. The smallest absolute Gasteiger partial charge is 0.236 e. The number of hydrogen-bond acceptors (Lipinski definition) is 2. The van der Waals surface area contributed by atoms with Crippen LogP contribution in [0, 0.1) is 5.82 Å². The number of amides is 1. The molecule has 0 saturated heterocycles. The zero-order chi connectivity index (χ0) is 14.3. The lowest BCUT2D eigenvalue weighted by molar-refractivity contribution is -0.129. The molecule has 0 aliphatic heterocycles. The number of nitrogens with one attached hydrogen (secondary N) is 1. The van der Waals surface area contributed by atoms with Gasteiger partial charge >= 0.3 is 0 Å². The van der Waals surface area contributed by atoms with Gasteiger partial charge in [0.05, 0.1) is 6.54 Å². The van der Waals surface area contributed by atoms with E-state index in [0.29, 0.717) is 18.5 Å². The molecule has 0 aliphatic carbocycles.